The SMILES string of the molecule is CCOc1cc(C(=O)O)cc(-c2cccc(C(F)(F)F)c2)c1OC. The third-order valence-corrected chi connectivity index (χ3v) is 3.31. The van der Waals surface area contributed by atoms with Crippen molar-refractivity contribution in [3.63, 3.8) is 0 Å². The molecule has 24 heavy (non-hydrogen) atoms. The van der Waals surface area contributed by atoms with Crippen LogP contribution in [0, 0.1) is 0 Å². The molecule has 7 heteroatoms. The standard InChI is InChI=1S/C17H15F3O4/c1-3-24-14-9-11(16(21)22)8-13(15(14)23-2)10-5-4-6-12(7-10)17(18,19)20/h4-9H,3H2,1-2H3,(H,21,22). The number of rotatable bonds is 5. The second-order valence-electron chi connectivity index (χ2n) is 4.87. The van der Waals surface area contributed by atoms with Gasteiger partial charge in [0.1, 0.15) is 0 Å². The van der Waals surface area contributed by atoms with Crippen molar-refractivity contribution in [1.29, 1.82) is 0 Å². The summed E-state index contributed by atoms with van der Waals surface area (Å²) in [4.78, 5) is 11.3. The van der Waals surface area contributed by atoms with Gasteiger partial charge >= 0.3 is 12.1 Å². The zero-order valence-corrected chi connectivity index (χ0v) is 13.0. The van der Waals surface area contributed by atoms with Crippen molar-refractivity contribution in [3.8, 4) is 22.6 Å². The Kier molecular flexibility index (Phi) is 5.02. The average Bonchev–Trinajstić information content (AvgIpc) is 2.53. The van der Waals surface area contributed by atoms with Crippen molar-refractivity contribution in [2.24, 2.45) is 0 Å². The van der Waals surface area contributed by atoms with Crippen molar-refractivity contribution in [2.45, 2.75) is 13.1 Å². The molecule has 0 aliphatic carbocycles. The predicted octanol–water partition coefficient (Wildman–Crippen LogP) is 4.48. The number of methoxy groups -OCH3 is 1. The Labute approximate surface area is 136 Å². The number of carboxylic acids is 1. The number of carboxylic acid groups (broad SMARTS) is 1. The van der Waals surface area contributed by atoms with Crippen LogP contribution in [0.3, 0.4) is 0 Å². The van der Waals surface area contributed by atoms with E-state index in [2.05, 4.69) is 0 Å². The number of aromatic carboxylic acids is 1. The first-order valence-corrected chi connectivity index (χ1v) is 7.03. The van der Waals surface area contributed by atoms with Crippen LogP contribution in [0.4, 0.5) is 13.2 Å². The highest BCUT2D eigenvalue weighted by Gasteiger charge is 2.31. The summed E-state index contributed by atoms with van der Waals surface area (Å²) in [6.07, 6.45) is -4.50. The minimum atomic E-state index is -4.50. The highest BCUT2D eigenvalue weighted by atomic mass is 19.4. The summed E-state index contributed by atoms with van der Waals surface area (Å²) in [5, 5.41) is 9.22. The van der Waals surface area contributed by atoms with Gasteiger partial charge in [0.25, 0.3) is 0 Å². The summed E-state index contributed by atoms with van der Waals surface area (Å²) in [5.41, 5.74) is -0.537. The quantitative estimate of drug-likeness (QED) is 0.872. The Bertz CT molecular complexity index is 754. The maximum absolute atomic E-state index is 12.9. The highest BCUT2D eigenvalue weighted by molar-refractivity contribution is 5.92. The summed E-state index contributed by atoms with van der Waals surface area (Å²) in [5.74, 6) is -0.875. The molecular weight excluding hydrogens is 325 g/mol. The van der Waals surface area contributed by atoms with Crippen LogP contribution in [0.25, 0.3) is 11.1 Å². The van der Waals surface area contributed by atoms with E-state index < -0.39 is 17.7 Å². The fourth-order valence-electron chi connectivity index (χ4n) is 2.28. The molecule has 0 saturated heterocycles. The minimum Gasteiger partial charge on any atom is -0.492 e. The molecule has 0 bridgehead atoms. The third-order valence-electron chi connectivity index (χ3n) is 3.31. The van der Waals surface area contributed by atoms with Gasteiger partial charge in [0, 0.05) is 5.56 Å². The van der Waals surface area contributed by atoms with Crippen LogP contribution in [0.1, 0.15) is 22.8 Å². The van der Waals surface area contributed by atoms with Crippen LogP contribution >= 0.6 is 0 Å². The maximum Gasteiger partial charge on any atom is 0.416 e. The van der Waals surface area contributed by atoms with Crippen molar-refractivity contribution in [2.75, 3.05) is 13.7 Å². The molecule has 0 saturated carbocycles. The van der Waals surface area contributed by atoms with Crippen LogP contribution in [0.15, 0.2) is 36.4 Å². The first-order chi connectivity index (χ1) is 11.3. The van der Waals surface area contributed by atoms with Gasteiger partial charge in [-0.15, -0.1) is 0 Å². The van der Waals surface area contributed by atoms with Gasteiger partial charge in [-0.05, 0) is 36.8 Å². The van der Waals surface area contributed by atoms with Crippen LogP contribution in [0.2, 0.25) is 0 Å². The Morgan fingerprint density at radius 1 is 1.21 bits per heavy atom. The van der Waals surface area contributed by atoms with Gasteiger partial charge in [-0.3, -0.25) is 0 Å². The lowest BCUT2D eigenvalue weighted by molar-refractivity contribution is -0.137. The number of ether oxygens (including phenoxy) is 2. The van der Waals surface area contributed by atoms with Crippen LogP contribution in [0.5, 0.6) is 11.5 Å². The highest BCUT2D eigenvalue weighted by Crippen LogP contribution is 2.41. The van der Waals surface area contributed by atoms with Crippen molar-refractivity contribution in [1.82, 2.24) is 0 Å². The van der Waals surface area contributed by atoms with E-state index in [-0.39, 0.29) is 34.8 Å². The maximum atomic E-state index is 12.9. The Hall–Kier alpha value is -2.70. The molecule has 128 valence electrons. The van der Waals surface area contributed by atoms with Crippen molar-refractivity contribution < 1.29 is 32.5 Å². The molecule has 2 aromatic carbocycles. The molecular formula is C17H15F3O4. The molecule has 0 spiro atoms. The molecule has 4 nitrogen and oxygen atoms in total. The van der Waals surface area contributed by atoms with Crippen LogP contribution < -0.4 is 9.47 Å². The largest absolute Gasteiger partial charge is 0.492 e. The number of benzene rings is 2. The van der Waals surface area contributed by atoms with Gasteiger partial charge in [-0.25, -0.2) is 4.79 Å². The van der Waals surface area contributed by atoms with E-state index in [0.717, 1.165) is 12.1 Å². The van der Waals surface area contributed by atoms with Gasteiger partial charge in [0.05, 0.1) is 24.8 Å². The summed E-state index contributed by atoms with van der Waals surface area (Å²) in [6, 6.07) is 7.14. The molecule has 0 aliphatic rings. The van der Waals surface area contributed by atoms with Gasteiger partial charge in [0.15, 0.2) is 11.5 Å². The molecule has 0 heterocycles. The van der Waals surface area contributed by atoms with E-state index >= 15 is 0 Å². The first-order valence-electron chi connectivity index (χ1n) is 7.03. The molecule has 0 radical (unpaired) electrons. The lowest BCUT2D eigenvalue weighted by Gasteiger charge is -2.16. The summed E-state index contributed by atoms with van der Waals surface area (Å²) < 4.78 is 49.4. The fraction of sp³-hybridized carbons (Fsp3) is 0.235. The van der Waals surface area contributed by atoms with E-state index in [1.165, 1.54) is 31.4 Å². The molecule has 0 aliphatic heterocycles. The topological polar surface area (TPSA) is 55.8 Å². The monoisotopic (exact) mass is 340 g/mol. The second kappa shape index (κ2) is 6.82. The molecule has 0 aromatic heterocycles. The van der Waals surface area contributed by atoms with Gasteiger partial charge in [0.2, 0.25) is 0 Å². The molecule has 2 aromatic rings. The van der Waals surface area contributed by atoms with E-state index in [4.69, 9.17) is 9.47 Å². The first kappa shape index (κ1) is 17.7. The number of alkyl halides is 3. The van der Waals surface area contributed by atoms with Gasteiger partial charge in [-0.1, -0.05) is 12.1 Å². The normalized spacial score (nSPS) is 11.2. The Balaban J connectivity index is 2.70. The second-order valence-corrected chi connectivity index (χ2v) is 4.87. The Morgan fingerprint density at radius 2 is 1.92 bits per heavy atom. The van der Waals surface area contributed by atoms with Gasteiger partial charge < -0.3 is 14.6 Å². The lowest BCUT2D eigenvalue weighted by Crippen LogP contribution is -2.05. The zero-order valence-electron chi connectivity index (χ0n) is 13.0. The van der Waals surface area contributed by atoms with E-state index in [9.17, 15) is 23.1 Å². The predicted molar refractivity (Wildman–Crippen MR) is 81.6 cm³/mol. The van der Waals surface area contributed by atoms with Crippen LogP contribution in [-0.2, 0) is 6.18 Å². The molecule has 0 fully saturated rings. The summed E-state index contributed by atoms with van der Waals surface area (Å²) in [6.45, 7) is 1.96. The van der Waals surface area contributed by atoms with Crippen LogP contribution in [-0.4, -0.2) is 24.8 Å². The van der Waals surface area contributed by atoms with E-state index in [1.807, 2.05) is 0 Å². The summed E-state index contributed by atoms with van der Waals surface area (Å²) in [7, 11) is 1.34. The smallest absolute Gasteiger partial charge is 0.416 e. The molecule has 0 atom stereocenters. The zero-order chi connectivity index (χ0) is 17.9. The number of hydrogen-bond acceptors (Lipinski definition) is 3. The van der Waals surface area contributed by atoms with Crippen molar-refractivity contribution >= 4 is 5.97 Å². The molecule has 0 amide bonds. The van der Waals surface area contributed by atoms with Gasteiger partial charge in [-0.2, -0.15) is 13.2 Å². The van der Waals surface area contributed by atoms with Crippen molar-refractivity contribution in [3.05, 3.63) is 47.5 Å². The Morgan fingerprint density at radius 3 is 2.46 bits per heavy atom. The van der Waals surface area contributed by atoms with E-state index in [1.54, 1.807) is 6.92 Å². The number of halogens is 3. The lowest BCUT2D eigenvalue weighted by atomic mass is 9.99. The third kappa shape index (κ3) is 3.61. The number of hydrogen-bond donors (Lipinski definition) is 1. The fourth-order valence-corrected chi connectivity index (χ4v) is 2.28. The van der Waals surface area contributed by atoms with E-state index in [0.29, 0.717) is 0 Å². The summed E-state index contributed by atoms with van der Waals surface area (Å²) >= 11 is 0. The molecule has 2 rings (SSSR count). The average molecular weight is 340 g/mol. The minimum absolute atomic E-state index is 0.105. The molecule has 0 unspecified atom stereocenters. The number of carbonyl (C=O) groups is 1. The molecule has 1 N–H and O–H groups in total.